The van der Waals surface area contributed by atoms with Crippen LogP contribution in [-0.2, 0) is 0 Å². The molecule has 66 valence electrons. The summed E-state index contributed by atoms with van der Waals surface area (Å²) in [6.07, 6.45) is 6.38. The second-order valence-electron chi connectivity index (χ2n) is 3.87. The van der Waals surface area contributed by atoms with Gasteiger partial charge in [0, 0.05) is 6.04 Å². The van der Waals surface area contributed by atoms with Crippen LogP contribution in [0, 0.1) is 5.92 Å². The van der Waals surface area contributed by atoms with Gasteiger partial charge < -0.3 is 5.73 Å². The first-order chi connectivity index (χ1) is 5.18. The van der Waals surface area contributed by atoms with Crippen molar-refractivity contribution in [1.82, 2.24) is 0 Å². The number of thiol groups is 1. The van der Waals surface area contributed by atoms with Crippen molar-refractivity contribution in [2.45, 2.75) is 50.3 Å². The van der Waals surface area contributed by atoms with Crippen molar-refractivity contribution in [2.24, 2.45) is 11.7 Å². The molecule has 0 saturated heterocycles. The fourth-order valence-corrected chi connectivity index (χ4v) is 2.20. The van der Waals surface area contributed by atoms with Gasteiger partial charge in [-0.05, 0) is 43.3 Å². The van der Waals surface area contributed by atoms with Crippen molar-refractivity contribution in [3.05, 3.63) is 0 Å². The molecule has 1 rings (SSSR count). The maximum absolute atomic E-state index is 5.81. The van der Waals surface area contributed by atoms with Crippen LogP contribution in [0.5, 0.6) is 0 Å². The summed E-state index contributed by atoms with van der Waals surface area (Å²) in [6.45, 7) is 2.18. The van der Waals surface area contributed by atoms with Crippen LogP contribution in [0.1, 0.15) is 39.0 Å². The summed E-state index contributed by atoms with van der Waals surface area (Å²) in [5, 5.41) is 0.564. The smallest absolute Gasteiger partial charge is 0.00390 e. The summed E-state index contributed by atoms with van der Waals surface area (Å²) in [5.74, 6) is 0.905. The Hall–Kier alpha value is 0.310. The third-order valence-electron chi connectivity index (χ3n) is 2.57. The molecule has 0 bridgehead atoms. The first-order valence-electron chi connectivity index (χ1n) is 4.62. The molecule has 0 amide bonds. The van der Waals surface area contributed by atoms with E-state index < -0.39 is 0 Å². The van der Waals surface area contributed by atoms with E-state index in [4.69, 9.17) is 5.73 Å². The zero-order valence-electron chi connectivity index (χ0n) is 7.29. The third-order valence-corrected chi connectivity index (χ3v) is 2.78. The van der Waals surface area contributed by atoms with Gasteiger partial charge in [-0.3, -0.25) is 0 Å². The summed E-state index contributed by atoms with van der Waals surface area (Å²) in [4.78, 5) is 0. The SMILES string of the molecule is CC(S)C[C@H]1CC[C@@H](N)CC1. The fraction of sp³-hybridized carbons (Fsp3) is 1.00. The predicted octanol–water partition coefficient (Wildman–Crippen LogP) is 2.21. The van der Waals surface area contributed by atoms with Gasteiger partial charge in [-0.2, -0.15) is 12.6 Å². The third kappa shape index (κ3) is 3.48. The van der Waals surface area contributed by atoms with Crippen LogP contribution in [0.4, 0.5) is 0 Å². The zero-order valence-corrected chi connectivity index (χ0v) is 8.19. The van der Waals surface area contributed by atoms with E-state index in [0.29, 0.717) is 11.3 Å². The quantitative estimate of drug-likeness (QED) is 0.615. The van der Waals surface area contributed by atoms with Crippen molar-refractivity contribution in [3.63, 3.8) is 0 Å². The molecule has 1 unspecified atom stereocenters. The first-order valence-corrected chi connectivity index (χ1v) is 5.13. The molecule has 0 aromatic heterocycles. The lowest BCUT2D eigenvalue weighted by Gasteiger charge is -2.26. The van der Waals surface area contributed by atoms with Gasteiger partial charge in [-0.15, -0.1) is 0 Å². The highest BCUT2D eigenvalue weighted by Crippen LogP contribution is 2.27. The van der Waals surface area contributed by atoms with Gasteiger partial charge in [-0.1, -0.05) is 6.92 Å². The van der Waals surface area contributed by atoms with Gasteiger partial charge in [0.15, 0.2) is 0 Å². The lowest BCUT2D eigenvalue weighted by molar-refractivity contribution is 0.311. The number of nitrogens with two attached hydrogens (primary N) is 1. The molecular formula is C9H19NS. The molecule has 1 atom stereocenters. The van der Waals surface area contributed by atoms with E-state index in [2.05, 4.69) is 19.6 Å². The normalized spacial score (nSPS) is 35.2. The summed E-state index contributed by atoms with van der Waals surface area (Å²) < 4.78 is 0. The molecule has 0 aliphatic heterocycles. The molecule has 1 fully saturated rings. The van der Waals surface area contributed by atoms with Crippen molar-refractivity contribution in [3.8, 4) is 0 Å². The number of rotatable bonds is 2. The molecule has 0 aromatic rings. The molecule has 1 nitrogen and oxygen atoms in total. The van der Waals surface area contributed by atoms with Crippen LogP contribution in [0.3, 0.4) is 0 Å². The van der Waals surface area contributed by atoms with E-state index in [0.717, 1.165) is 5.92 Å². The first kappa shape index (κ1) is 9.40. The van der Waals surface area contributed by atoms with Crippen LogP contribution in [0.2, 0.25) is 0 Å². The van der Waals surface area contributed by atoms with E-state index in [1.165, 1.54) is 32.1 Å². The largest absolute Gasteiger partial charge is 0.328 e. The summed E-state index contributed by atoms with van der Waals surface area (Å²) in [5.41, 5.74) is 5.81. The Kier molecular flexibility index (Phi) is 3.73. The Balaban J connectivity index is 2.17. The van der Waals surface area contributed by atoms with Gasteiger partial charge in [0.1, 0.15) is 0 Å². The summed E-state index contributed by atoms with van der Waals surface area (Å²) in [7, 11) is 0. The Morgan fingerprint density at radius 3 is 2.36 bits per heavy atom. The average Bonchev–Trinajstić information content (AvgIpc) is 1.93. The van der Waals surface area contributed by atoms with Crippen molar-refractivity contribution in [1.29, 1.82) is 0 Å². The molecule has 1 aliphatic rings. The Labute approximate surface area is 75.1 Å². The second-order valence-corrected chi connectivity index (χ2v) is 4.75. The molecule has 0 heterocycles. The van der Waals surface area contributed by atoms with Crippen LogP contribution < -0.4 is 5.73 Å². The Bertz CT molecular complexity index is 106. The van der Waals surface area contributed by atoms with Gasteiger partial charge in [0.25, 0.3) is 0 Å². The highest BCUT2D eigenvalue weighted by Gasteiger charge is 2.18. The maximum atomic E-state index is 5.81. The van der Waals surface area contributed by atoms with Gasteiger partial charge >= 0.3 is 0 Å². The van der Waals surface area contributed by atoms with E-state index in [1.54, 1.807) is 0 Å². The van der Waals surface area contributed by atoms with Gasteiger partial charge in [0.05, 0.1) is 0 Å². The second kappa shape index (κ2) is 4.36. The van der Waals surface area contributed by atoms with Crippen LogP contribution in [0.15, 0.2) is 0 Å². The van der Waals surface area contributed by atoms with Crippen molar-refractivity contribution < 1.29 is 0 Å². The highest BCUT2D eigenvalue weighted by molar-refractivity contribution is 7.80. The minimum absolute atomic E-state index is 0.487. The summed E-state index contributed by atoms with van der Waals surface area (Å²) in [6, 6.07) is 0.487. The molecule has 1 aliphatic carbocycles. The van der Waals surface area contributed by atoms with Crippen molar-refractivity contribution in [2.75, 3.05) is 0 Å². The molecule has 0 spiro atoms. The molecule has 11 heavy (non-hydrogen) atoms. The predicted molar refractivity (Wildman–Crippen MR) is 53.0 cm³/mol. The van der Waals surface area contributed by atoms with E-state index in [9.17, 15) is 0 Å². The molecule has 0 radical (unpaired) electrons. The minimum Gasteiger partial charge on any atom is -0.328 e. The molecule has 2 heteroatoms. The zero-order chi connectivity index (χ0) is 8.27. The maximum Gasteiger partial charge on any atom is 0.00390 e. The highest BCUT2D eigenvalue weighted by atomic mass is 32.1. The number of hydrogen-bond donors (Lipinski definition) is 2. The number of hydrogen-bond acceptors (Lipinski definition) is 2. The van der Waals surface area contributed by atoms with Crippen molar-refractivity contribution >= 4 is 12.6 Å². The van der Waals surface area contributed by atoms with E-state index >= 15 is 0 Å². The molecule has 0 aromatic carbocycles. The summed E-state index contributed by atoms with van der Waals surface area (Å²) >= 11 is 4.40. The van der Waals surface area contributed by atoms with Crippen LogP contribution in [-0.4, -0.2) is 11.3 Å². The Morgan fingerprint density at radius 1 is 1.36 bits per heavy atom. The lowest BCUT2D eigenvalue weighted by Crippen LogP contribution is -2.27. The molecule has 2 N–H and O–H groups in total. The molecule has 1 saturated carbocycles. The standard InChI is InChI=1S/C9H19NS/c1-7(11)6-8-2-4-9(10)5-3-8/h7-9,11H,2-6,10H2,1H3/t7?,8-,9+. The van der Waals surface area contributed by atoms with Gasteiger partial charge in [-0.25, -0.2) is 0 Å². The van der Waals surface area contributed by atoms with Crippen LogP contribution in [0.25, 0.3) is 0 Å². The lowest BCUT2D eigenvalue weighted by atomic mass is 9.84. The molecular weight excluding hydrogens is 154 g/mol. The van der Waals surface area contributed by atoms with Crippen LogP contribution >= 0.6 is 12.6 Å². The van der Waals surface area contributed by atoms with E-state index in [-0.39, 0.29) is 0 Å². The van der Waals surface area contributed by atoms with Gasteiger partial charge in [0.2, 0.25) is 0 Å². The van der Waals surface area contributed by atoms with E-state index in [1.807, 2.05) is 0 Å². The minimum atomic E-state index is 0.487. The monoisotopic (exact) mass is 173 g/mol. The average molecular weight is 173 g/mol. The Morgan fingerprint density at radius 2 is 1.91 bits per heavy atom. The topological polar surface area (TPSA) is 26.0 Å². The fourth-order valence-electron chi connectivity index (χ4n) is 1.91.